The van der Waals surface area contributed by atoms with Crippen LogP contribution < -0.4 is 14.6 Å². The number of allylic oxidation sites excluding steroid dienone is 1. The van der Waals surface area contributed by atoms with Crippen LogP contribution in [0.2, 0.25) is 0 Å². The van der Waals surface area contributed by atoms with Crippen LogP contribution in [0.1, 0.15) is 25.8 Å². The predicted octanol–water partition coefficient (Wildman–Crippen LogP) is 4.76. The lowest BCUT2D eigenvalue weighted by Gasteiger charge is -2.22. The molecule has 0 radical (unpaired) electrons. The Morgan fingerprint density at radius 3 is 2.53 bits per heavy atom. The van der Waals surface area contributed by atoms with E-state index in [1.54, 1.807) is 61.3 Å². The molecule has 0 spiro atoms. The zero-order valence-corrected chi connectivity index (χ0v) is 22.6. The molecule has 0 aliphatic rings. The average Bonchev–Trinajstić information content (AvgIpc) is 3.45. The highest BCUT2D eigenvalue weighted by Crippen LogP contribution is 2.27. The first-order valence-corrected chi connectivity index (χ1v) is 13.5. The van der Waals surface area contributed by atoms with E-state index in [9.17, 15) is 13.2 Å². The molecule has 2 heterocycles. The molecule has 10 heteroatoms. The van der Waals surface area contributed by atoms with Crippen LogP contribution in [0.15, 0.2) is 92.8 Å². The number of sulfonamides is 1. The first-order valence-electron chi connectivity index (χ1n) is 12.1. The Balaban J connectivity index is 1.69. The van der Waals surface area contributed by atoms with Crippen molar-refractivity contribution >= 4 is 26.7 Å². The number of hydrogen-bond donors (Lipinski definition) is 0. The Morgan fingerprint density at radius 2 is 1.87 bits per heavy atom. The molecule has 0 saturated carbocycles. The van der Waals surface area contributed by atoms with Crippen molar-refractivity contribution in [2.45, 2.75) is 44.4 Å². The summed E-state index contributed by atoms with van der Waals surface area (Å²) in [5.74, 6) is 0.834. The second-order valence-corrected chi connectivity index (χ2v) is 10.9. The third kappa shape index (κ3) is 5.98. The Kier molecular flexibility index (Phi) is 8.33. The second kappa shape index (κ2) is 11.7. The van der Waals surface area contributed by atoms with Crippen molar-refractivity contribution in [2.24, 2.45) is 0 Å². The summed E-state index contributed by atoms with van der Waals surface area (Å²) in [5.41, 5.74) is 2.32. The van der Waals surface area contributed by atoms with Crippen LogP contribution in [-0.4, -0.2) is 38.5 Å². The molecule has 9 nitrogen and oxygen atoms in total. The fourth-order valence-electron chi connectivity index (χ4n) is 4.15. The molecule has 1 atom stereocenters. The van der Waals surface area contributed by atoms with Crippen LogP contribution in [0.4, 0.5) is 5.82 Å². The maximum atomic E-state index is 13.8. The van der Waals surface area contributed by atoms with Gasteiger partial charge in [-0.3, -0.25) is 4.79 Å². The summed E-state index contributed by atoms with van der Waals surface area (Å²) < 4.78 is 45.9. The molecule has 2 aromatic heterocycles. The lowest BCUT2D eigenvalue weighted by Crippen LogP contribution is -2.31. The Morgan fingerprint density at radius 1 is 1.11 bits per heavy atom. The van der Waals surface area contributed by atoms with Gasteiger partial charge in [-0.1, -0.05) is 28.9 Å². The highest BCUT2D eigenvalue weighted by molar-refractivity contribution is 7.92. The second-order valence-electron chi connectivity index (χ2n) is 9.02. The highest BCUT2D eigenvalue weighted by atomic mass is 32.2. The molecule has 0 saturated heterocycles. The number of benzene rings is 2. The van der Waals surface area contributed by atoms with Gasteiger partial charge in [0.25, 0.3) is 15.6 Å². The van der Waals surface area contributed by atoms with Crippen molar-refractivity contribution in [3.63, 3.8) is 0 Å². The van der Waals surface area contributed by atoms with Gasteiger partial charge in [0.2, 0.25) is 0 Å². The maximum Gasteiger partial charge on any atom is 0.265 e. The summed E-state index contributed by atoms with van der Waals surface area (Å²) in [7, 11) is -0.793. The van der Waals surface area contributed by atoms with Gasteiger partial charge in [0.15, 0.2) is 5.82 Å². The van der Waals surface area contributed by atoms with Gasteiger partial charge >= 0.3 is 0 Å². The minimum absolute atomic E-state index is 0.0420. The Bertz CT molecular complexity index is 1580. The molecule has 0 aliphatic carbocycles. The minimum Gasteiger partial charge on any atom is -0.497 e. The van der Waals surface area contributed by atoms with Crippen LogP contribution >= 0.6 is 0 Å². The minimum atomic E-state index is -4.03. The van der Waals surface area contributed by atoms with Crippen molar-refractivity contribution in [1.29, 1.82) is 0 Å². The molecular weight excluding hydrogens is 506 g/mol. The van der Waals surface area contributed by atoms with Gasteiger partial charge < -0.3 is 18.6 Å². The summed E-state index contributed by atoms with van der Waals surface area (Å²) in [4.78, 5) is 12.7. The third-order valence-electron chi connectivity index (χ3n) is 6.35. The number of ether oxygens (including phenoxy) is 2. The number of aromatic nitrogens is 2. The lowest BCUT2D eigenvalue weighted by molar-refractivity contribution is 0.118. The van der Waals surface area contributed by atoms with Gasteiger partial charge in [-0.2, -0.15) is 0 Å². The van der Waals surface area contributed by atoms with E-state index in [4.69, 9.17) is 14.0 Å². The average molecular weight is 538 g/mol. The molecular formula is C28H31N3O6S. The van der Waals surface area contributed by atoms with Gasteiger partial charge in [0, 0.05) is 25.8 Å². The third-order valence-corrected chi connectivity index (χ3v) is 8.09. The number of methoxy groups -OCH3 is 2. The Labute approximate surface area is 221 Å². The topological polar surface area (TPSA) is 104 Å². The number of hydrogen-bond acceptors (Lipinski definition) is 7. The first kappa shape index (κ1) is 27.2. The number of nitrogens with zero attached hydrogens (tertiary/aromatic N) is 3. The van der Waals surface area contributed by atoms with Crippen molar-refractivity contribution in [3.05, 3.63) is 94.5 Å². The predicted molar refractivity (Wildman–Crippen MR) is 146 cm³/mol. The van der Waals surface area contributed by atoms with E-state index in [-0.39, 0.29) is 28.9 Å². The quantitative estimate of drug-likeness (QED) is 0.254. The smallest absolute Gasteiger partial charge is 0.265 e. The summed E-state index contributed by atoms with van der Waals surface area (Å²) in [5, 5.41) is 4.51. The first-order chi connectivity index (χ1) is 18.2. The van der Waals surface area contributed by atoms with Gasteiger partial charge in [-0.25, -0.2) is 12.7 Å². The number of pyridine rings is 1. The molecule has 4 aromatic rings. The van der Waals surface area contributed by atoms with Gasteiger partial charge in [0.05, 0.1) is 30.2 Å². The van der Waals surface area contributed by atoms with Crippen LogP contribution in [0.25, 0.3) is 10.9 Å². The number of anilines is 1. The number of rotatable bonds is 11. The zero-order chi connectivity index (χ0) is 27.3. The van der Waals surface area contributed by atoms with Crippen LogP contribution in [0.3, 0.4) is 0 Å². The highest BCUT2D eigenvalue weighted by Gasteiger charge is 2.27. The molecule has 0 aliphatic heterocycles. The van der Waals surface area contributed by atoms with E-state index in [1.807, 2.05) is 19.9 Å². The molecule has 0 N–H and O–H groups in total. The molecule has 38 heavy (non-hydrogen) atoms. The fourth-order valence-corrected chi connectivity index (χ4v) is 5.58. The van der Waals surface area contributed by atoms with Crippen molar-refractivity contribution in [1.82, 2.24) is 9.72 Å². The molecule has 4 rings (SSSR count). The Hall–Kier alpha value is -3.89. The van der Waals surface area contributed by atoms with E-state index in [2.05, 4.69) is 5.16 Å². The summed E-state index contributed by atoms with van der Waals surface area (Å²) in [6.07, 6.45) is 4.15. The summed E-state index contributed by atoms with van der Waals surface area (Å²) in [6.45, 7) is 4.39. The van der Waals surface area contributed by atoms with E-state index < -0.39 is 10.0 Å². The zero-order valence-electron chi connectivity index (χ0n) is 21.8. The normalized spacial score (nSPS) is 13.0. The standard InChI is InChI=1S/C28H31N3O6S/c1-20(17-21(2)35-3)13-15-30-26-11-10-25(18-23(26)7-12-28(30)32)38(33,34)31(27-14-16-37-29-27)19-22-5-8-24(36-4)9-6-22/h5-14,16,18,21H,15,17,19H2,1-4H3/b20-13-. The van der Waals surface area contributed by atoms with Crippen LogP contribution in [0, 0.1) is 0 Å². The maximum absolute atomic E-state index is 13.8. The van der Waals surface area contributed by atoms with E-state index in [1.165, 1.54) is 28.8 Å². The van der Waals surface area contributed by atoms with E-state index in [0.717, 1.165) is 17.6 Å². The van der Waals surface area contributed by atoms with E-state index in [0.29, 0.717) is 23.2 Å². The van der Waals surface area contributed by atoms with Crippen LogP contribution in [0.5, 0.6) is 5.75 Å². The lowest BCUT2D eigenvalue weighted by atomic mass is 10.1. The largest absolute Gasteiger partial charge is 0.497 e. The number of fused-ring (bicyclic) bond motifs is 1. The monoisotopic (exact) mass is 537 g/mol. The van der Waals surface area contributed by atoms with Crippen LogP contribution in [-0.2, 0) is 27.8 Å². The van der Waals surface area contributed by atoms with Gasteiger partial charge in [0.1, 0.15) is 12.0 Å². The molecule has 0 bridgehead atoms. The molecule has 2 aromatic carbocycles. The SMILES string of the molecule is COc1ccc(CN(c2ccon2)S(=O)(=O)c2ccc3c(ccc(=O)n3C/C=C(/C)CC(C)OC)c2)cc1. The summed E-state index contributed by atoms with van der Waals surface area (Å²) in [6, 6.07) is 16.5. The molecule has 200 valence electrons. The summed E-state index contributed by atoms with van der Waals surface area (Å²) >= 11 is 0. The van der Waals surface area contributed by atoms with Gasteiger partial charge in [-0.05, 0) is 67.6 Å². The van der Waals surface area contributed by atoms with Crippen molar-refractivity contribution in [2.75, 3.05) is 18.5 Å². The molecule has 0 amide bonds. The molecule has 1 unspecified atom stereocenters. The van der Waals surface area contributed by atoms with Crippen molar-refractivity contribution in [3.8, 4) is 5.75 Å². The van der Waals surface area contributed by atoms with Gasteiger partial charge in [-0.15, -0.1) is 0 Å². The van der Waals surface area contributed by atoms with E-state index >= 15 is 0 Å². The van der Waals surface area contributed by atoms with Crippen molar-refractivity contribution < 1.29 is 22.4 Å². The fraction of sp³-hybridized carbons (Fsp3) is 0.286. The molecule has 0 fully saturated rings.